The van der Waals surface area contributed by atoms with Crippen molar-refractivity contribution in [1.82, 2.24) is 5.48 Å². The van der Waals surface area contributed by atoms with E-state index in [1.165, 1.54) is 6.92 Å². The number of carboxylic acids is 1. The number of aliphatic carboxylic acids is 1. The van der Waals surface area contributed by atoms with E-state index < -0.39 is 11.6 Å². The number of hydrogen-bond acceptors (Lipinski definition) is 3. The molecule has 48 valence electrons. The fraction of sp³-hybridized carbons (Fsp3) is 0.400. The summed E-state index contributed by atoms with van der Waals surface area (Å²) in [6.07, 6.45) is 4.64. The smallest absolute Gasteiger partial charge is 0.343 e. The lowest BCUT2D eigenvalue weighted by molar-refractivity contribution is -0.160. The molecular weight excluding hydrogens is 122 g/mol. The van der Waals surface area contributed by atoms with Gasteiger partial charge in [-0.2, -0.15) is 0 Å². The highest BCUT2D eigenvalue weighted by Crippen LogP contribution is 2.12. The van der Waals surface area contributed by atoms with Gasteiger partial charge in [0.25, 0.3) is 0 Å². The van der Waals surface area contributed by atoms with Crippen LogP contribution in [0.4, 0.5) is 0 Å². The SMILES string of the molecule is CC1(C(=O)O)[C]=[C]NO1. The van der Waals surface area contributed by atoms with E-state index in [4.69, 9.17) is 5.11 Å². The Labute approximate surface area is 52.1 Å². The fourth-order valence-corrected chi connectivity index (χ4v) is 0.395. The zero-order chi connectivity index (χ0) is 6.91. The topological polar surface area (TPSA) is 58.6 Å². The fourth-order valence-electron chi connectivity index (χ4n) is 0.395. The van der Waals surface area contributed by atoms with Crippen molar-refractivity contribution in [3.63, 3.8) is 0 Å². The van der Waals surface area contributed by atoms with E-state index in [1.54, 1.807) is 0 Å². The van der Waals surface area contributed by atoms with Gasteiger partial charge in [0.15, 0.2) is 0 Å². The van der Waals surface area contributed by atoms with Crippen LogP contribution in [0.3, 0.4) is 0 Å². The minimum atomic E-state index is -1.36. The maximum atomic E-state index is 10.3. The Hall–Kier alpha value is -1.03. The molecule has 0 aromatic heterocycles. The highest BCUT2D eigenvalue weighted by molar-refractivity contribution is 5.78. The van der Waals surface area contributed by atoms with E-state index in [0.717, 1.165) is 0 Å². The van der Waals surface area contributed by atoms with Gasteiger partial charge in [0.05, 0.1) is 6.20 Å². The summed E-state index contributed by atoms with van der Waals surface area (Å²) in [6, 6.07) is 0. The lowest BCUT2D eigenvalue weighted by Crippen LogP contribution is -2.35. The normalized spacial score (nSPS) is 32.1. The van der Waals surface area contributed by atoms with Crippen LogP contribution in [0.25, 0.3) is 0 Å². The average Bonchev–Trinajstić information content (AvgIpc) is 2.16. The van der Waals surface area contributed by atoms with Crippen LogP contribution in [0.5, 0.6) is 0 Å². The van der Waals surface area contributed by atoms with E-state index in [0.29, 0.717) is 0 Å². The van der Waals surface area contributed by atoms with Gasteiger partial charge >= 0.3 is 5.97 Å². The van der Waals surface area contributed by atoms with Gasteiger partial charge in [-0.05, 0) is 6.92 Å². The van der Waals surface area contributed by atoms with Crippen LogP contribution in [0, 0.1) is 12.3 Å². The summed E-state index contributed by atoms with van der Waals surface area (Å²) < 4.78 is 0. The molecule has 4 nitrogen and oxygen atoms in total. The molecule has 0 aliphatic carbocycles. The third kappa shape index (κ3) is 0.882. The summed E-state index contributed by atoms with van der Waals surface area (Å²) >= 11 is 0. The van der Waals surface area contributed by atoms with Crippen molar-refractivity contribution >= 4 is 5.97 Å². The zero-order valence-corrected chi connectivity index (χ0v) is 4.76. The standard InChI is InChI=1S/C5H5NO3/c1-5(4(7)8)2-3-6-9-5/h6H,1H3,(H,7,8). The van der Waals surface area contributed by atoms with Crippen LogP contribution < -0.4 is 5.48 Å². The largest absolute Gasteiger partial charge is 0.479 e. The van der Waals surface area contributed by atoms with E-state index >= 15 is 0 Å². The molecular formula is C5H5NO3. The van der Waals surface area contributed by atoms with Crippen molar-refractivity contribution < 1.29 is 14.7 Å². The molecule has 0 aromatic carbocycles. The molecule has 1 rings (SSSR count). The second-order valence-corrected chi connectivity index (χ2v) is 1.79. The van der Waals surface area contributed by atoms with E-state index in [9.17, 15) is 4.79 Å². The molecule has 2 N–H and O–H groups in total. The van der Waals surface area contributed by atoms with E-state index in [2.05, 4.69) is 22.6 Å². The summed E-state index contributed by atoms with van der Waals surface area (Å²) in [5, 5.41) is 8.41. The van der Waals surface area contributed by atoms with Gasteiger partial charge in [0.1, 0.15) is 0 Å². The van der Waals surface area contributed by atoms with Gasteiger partial charge in [-0.15, -0.1) is 0 Å². The first-order valence-electron chi connectivity index (χ1n) is 2.34. The maximum absolute atomic E-state index is 10.3. The van der Waals surface area contributed by atoms with Crippen LogP contribution >= 0.6 is 0 Å². The van der Waals surface area contributed by atoms with E-state index in [1.807, 2.05) is 0 Å². The molecule has 0 aromatic rings. The molecule has 0 saturated heterocycles. The second-order valence-electron chi connectivity index (χ2n) is 1.79. The molecule has 1 aliphatic rings. The average molecular weight is 127 g/mol. The molecule has 0 saturated carbocycles. The van der Waals surface area contributed by atoms with Crippen LogP contribution in [0.2, 0.25) is 0 Å². The molecule has 0 amide bonds. The minimum absolute atomic E-state index is 1.08. The van der Waals surface area contributed by atoms with Gasteiger partial charge in [-0.25, -0.2) is 4.79 Å². The minimum Gasteiger partial charge on any atom is -0.479 e. The molecule has 1 heterocycles. The molecule has 1 atom stereocenters. The molecule has 4 heteroatoms. The third-order valence-corrected chi connectivity index (χ3v) is 1.02. The van der Waals surface area contributed by atoms with Crippen LogP contribution in [-0.4, -0.2) is 16.7 Å². The van der Waals surface area contributed by atoms with Crippen molar-refractivity contribution in [2.24, 2.45) is 0 Å². The van der Waals surface area contributed by atoms with Crippen LogP contribution in [-0.2, 0) is 9.63 Å². The number of carboxylic acid groups (broad SMARTS) is 1. The summed E-state index contributed by atoms with van der Waals surface area (Å²) in [7, 11) is 0. The summed E-state index contributed by atoms with van der Waals surface area (Å²) in [6.45, 7) is 1.38. The summed E-state index contributed by atoms with van der Waals surface area (Å²) in [5.41, 5.74) is 0.791. The Morgan fingerprint density at radius 2 is 2.56 bits per heavy atom. The summed E-state index contributed by atoms with van der Waals surface area (Å²) in [5.74, 6) is -1.08. The predicted molar refractivity (Wildman–Crippen MR) is 26.7 cm³/mol. The van der Waals surface area contributed by atoms with Crippen molar-refractivity contribution in [2.45, 2.75) is 12.5 Å². The van der Waals surface area contributed by atoms with Crippen LogP contribution in [0.15, 0.2) is 0 Å². The first-order valence-corrected chi connectivity index (χ1v) is 2.34. The van der Waals surface area contributed by atoms with Gasteiger partial charge < -0.3 is 5.11 Å². The molecule has 1 aliphatic heterocycles. The number of nitrogens with one attached hydrogen (secondary N) is 1. The van der Waals surface area contributed by atoms with Crippen molar-refractivity contribution in [3.8, 4) is 0 Å². The van der Waals surface area contributed by atoms with Crippen molar-refractivity contribution in [2.75, 3.05) is 0 Å². The van der Waals surface area contributed by atoms with Gasteiger partial charge in [-0.3, -0.25) is 10.3 Å². The Balaban J connectivity index is 2.74. The molecule has 0 spiro atoms. The number of carbonyl (C=O) groups is 1. The first-order chi connectivity index (χ1) is 4.15. The quantitative estimate of drug-likeness (QED) is 0.497. The third-order valence-electron chi connectivity index (χ3n) is 1.02. The lowest BCUT2D eigenvalue weighted by atomic mass is 10.1. The van der Waals surface area contributed by atoms with E-state index in [-0.39, 0.29) is 0 Å². The maximum Gasteiger partial charge on any atom is 0.343 e. The molecule has 1 unspecified atom stereocenters. The van der Waals surface area contributed by atoms with Crippen molar-refractivity contribution in [3.05, 3.63) is 12.3 Å². The van der Waals surface area contributed by atoms with Crippen molar-refractivity contribution in [1.29, 1.82) is 0 Å². The highest BCUT2D eigenvalue weighted by Gasteiger charge is 2.35. The highest BCUT2D eigenvalue weighted by atomic mass is 16.7. The Morgan fingerprint density at radius 1 is 1.89 bits per heavy atom. The number of hydroxylamine groups is 1. The van der Waals surface area contributed by atoms with Gasteiger partial charge in [0, 0.05) is 6.08 Å². The summed E-state index contributed by atoms with van der Waals surface area (Å²) in [4.78, 5) is 14.8. The van der Waals surface area contributed by atoms with Gasteiger partial charge in [-0.1, -0.05) is 0 Å². The molecule has 2 radical (unpaired) electrons. The van der Waals surface area contributed by atoms with Gasteiger partial charge in [0.2, 0.25) is 5.60 Å². The Bertz CT molecular complexity index is 166. The molecule has 0 bridgehead atoms. The second kappa shape index (κ2) is 1.73. The predicted octanol–water partition coefficient (Wildman–Crippen LogP) is -0.515. The number of hydrogen-bond donors (Lipinski definition) is 2. The number of rotatable bonds is 1. The molecule has 9 heavy (non-hydrogen) atoms. The Kier molecular flexibility index (Phi) is 1.17. The Morgan fingerprint density at radius 3 is 2.78 bits per heavy atom. The first kappa shape index (κ1) is 6.10. The zero-order valence-electron chi connectivity index (χ0n) is 4.76. The molecule has 0 fully saturated rings. The van der Waals surface area contributed by atoms with Crippen LogP contribution in [0.1, 0.15) is 6.92 Å². The monoisotopic (exact) mass is 127 g/mol. The lowest BCUT2D eigenvalue weighted by Gasteiger charge is -2.12.